The van der Waals surface area contributed by atoms with Crippen molar-refractivity contribution < 1.29 is 4.42 Å². The lowest BCUT2D eigenvalue weighted by Gasteiger charge is -2.01. The first kappa shape index (κ1) is 11.7. The van der Waals surface area contributed by atoms with Gasteiger partial charge in [-0.2, -0.15) is 0 Å². The third-order valence-electron chi connectivity index (χ3n) is 3.10. The molecular formula is C14H14N4O. The highest BCUT2D eigenvalue weighted by Gasteiger charge is 2.15. The van der Waals surface area contributed by atoms with Gasteiger partial charge in [0.15, 0.2) is 11.6 Å². The number of nitrogens with two attached hydrogens (primary N) is 1. The van der Waals surface area contributed by atoms with Gasteiger partial charge in [0, 0.05) is 10.9 Å². The molecule has 0 aliphatic carbocycles. The average molecular weight is 254 g/mol. The van der Waals surface area contributed by atoms with E-state index in [1.807, 2.05) is 24.3 Å². The molecule has 5 nitrogen and oxygen atoms in total. The first-order valence-electron chi connectivity index (χ1n) is 6.14. The van der Waals surface area contributed by atoms with Gasteiger partial charge < -0.3 is 9.84 Å². The number of anilines is 1. The Labute approximate surface area is 110 Å². The van der Waals surface area contributed by atoms with Gasteiger partial charge in [-0.1, -0.05) is 25.1 Å². The number of hydrogen-bond donors (Lipinski definition) is 2. The van der Waals surface area contributed by atoms with Crippen molar-refractivity contribution >= 4 is 16.8 Å². The minimum absolute atomic E-state index is 0.526. The minimum atomic E-state index is 0.526. The summed E-state index contributed by atoms with van der Waals surface area (Å²) in [5, 5.41) is 9.24. The van der Waals surface area contributed by atoms with Crippen molar-refractivity contribution in [2.75, 3.05) is 5.43 Å². The SMILES string of the molecule is CCc1c(-c2ccc(NN)nn2)oc2ccccc12. The number of nitrogen functional groups attached to an aromatic ring is 1. The van der Waals surface area contributed by atoms with Crippen LogP contribution in [0.5, 0.6) is 0 Å². The maximum absolute atomic E-state index is 5.90. The molecule has 2 heterocycles. The van der Waals surface area contributed by atoms with E-state index in [0.717, 1.165) is 28.7 Å². The summed E-state index contributed by atoms with van der Waals surface area (Å²) in [5.74, 6) is 6.58. The van der Waals surface area contributed by atoms with Crippen LogP contribution in [0.25, 0.3) is 22.4 Å². The number of nitrogens with zero attached hydrogens (tertiary/aromatic N) is 2. The fraction of sp³-hybridized carbons (Fsp3) is 0.143. The number of rotatable bonds is 3. The maximum Gasteiger partial charge on any atom is 0.162 e. The van der Waals surface area contributed by atoms with Crippen molar-refractivity contribution in [2.24, 2.45) is 5.84 Å². The van der Waals surface area contributed by atoms with Crippen molar-refractivity contribution in [3.05, 3.63) is 42.0 Å². The molecule has 2 aromatic heterocycles. The molecule has 3 N–H and O–H groups in total. The summed E-state index contributed by atoms with van der Waals surface area (Å²) in [4.78, 5) is 0. The molecule has 3 rings (SSSR count). The molecule has 1 aromatic carbocycles. The predicted molar refractivity (Wildman–Crippen MR) is 74.4 cm³/mol. The molecule has 0 fully saturated rings. The van der Waals surface area contributed by atoms with E-state index in [1.165, 1.54) is 0 Å². The fourth-order valence-corrected chi connectivity index (χ4v) is 2.19. The molecule has 0 aliphatic heterocycles. The zero-order valence-corrected chi connectivity index (χ0v) is 10.6. The third kappa shape index (κ3) is 1.94. The Kier molecular flexibility index (Phi) is 2.89. The third-order valence-corrected chi connectivity index (χ3v) is 3.10. The Morgan fingerprint density at radius 2 is 2.00 bits per heavy atom. The van der Waals surface area contributed by atoms with Gasteiger partial charge in [-0.05, 0) is 24.6 Å². The molecule has 0 saturated heterocycles. The molecule has 0 spiro atoms. The number of aryl methyl sites for hydroxylation is 1. The number of hydrogen-bond acceptors (Lipinski definition) is 5. The van der Waals surface area contributed by atoms with Gasteiger partial charge in [0.05, 0.1) is 0 Å². The van der Waals surface area contributed by atoms with Crippen LogP contribution in [0.1, 0.15) is 12.5 Å². The van der Waals surface area contributed by atoms with Crippen LogP contribution in [0.4, 0.5) is 5.82 Å². The summed E-state index contributed by atoms with van der Waals surface area (Å²) in [7, 11) is 0. The van der Waals surface area contributed by atoms with E-state index in [9.17, 15) is 0 Å². The van der Waals surface area contributed by atoms with Crippen molar-refractivity contribution in [3.8, 4) is 11.5 Å². The number of fused-ring (bicyclic) bond motifs is 1. The van der Waals surface area contributed by atoms with Crippen LogP contribution in [0.15, 0.2) is 40.8 Å². The monoisotopic (exact) mass is 254 g/mol. The lowest BCUT2D eigenvalue weighted by Crippen LogP contribution is -2.09. The second-order valence-electron chi connectivity index (χ2n) is 4.21. The van der Waals surface area contributed by atoms with Gasteiger partial charge in [-0.25, -0.2) is 5.84 Å². The average Bonchev–Trinajstić information content (AvgIpc) is 2.85. The van der Waals surface area contributed by atoms with Crippen LogP contribution < -0.4 is 11.3 Å². The summed E-state index contributed by atoms with van der Waals surface area (Å²) < 4.78 is 5.90. The highest BCUT2D eigenvalue weighted by atomic mass is 16.3. The van der Waals surface area contributed by atoms with E-state index >= 15 is 0 Å². The molecule has 96 valence electrons. The first-order chi connectivity index (χ1) is 9.33. The van der Waals surface area contributed by atoms with Gasteiger partial charge in [-0.3, -0.25) is 0 Å². The van der Waals surface area contributed by atoms with Crippen molar-refractivity contribution in [1.29, 1.82) is 0 Å². The molecule has 3 aromatic rings. The second kappa shape index (κ2) is 4.70. The van der Waals surface area contributed by atoms with E-state index in [0.29, 0.717) is 11.5 Å². The second-order valence-corrected chi connectivity index (χ2v) is 4.21. The van der Waals surface area contributed by atoms with E-state index in [4.69, 9.17) is 10.3 Å². The van der Waals surface area contributed by atoms with Crippen LogP contribution in [0, 0.1) is 0 Å². The van der Waals surface area contributed by atoms with Crippen LogP contribution in [-0.4, -0.2) is 10.2 Å². The number of furan rings is 1. The fourth-order valence-electron chi connectivity index (χ4n) is 2.19. The van der Waals surface area contributed by atoms with Crippen molar-refractivity contribution in [1.82, 2.24) is 10.2 Å². The number of para-hydroxylation sites is 1. The first-order valence-corrected chi connectivity index (χ1v) is 6.14. The van der Waals surface area contributed by atoms with Crippen LogP contribution in [0.3, 0.4) is 0 Å². The lowest BCUT2D eigenvalue weighted by molar-refractivity contribution is 0.623. The Balaban J connectivity index is 2.17. The van der Waals surface area contributed by atoms with E-state index in [-0.39, 0.29) is 0 Å². The molecule has 0 bridgehead atoms. The normalized spacial score (nSPS) is 10.8. The zero-order chi connectivity index (χ0) is 13.2. The number of nitrogens with one attached hydrogen (secondary N) is 1. The summed E-state index contributed by atoms with van der Waals surface area (Å²) in [6, 6.07) is 11.6. The molecule has 0 amide bonds. The van der Waals surface area contributed by atoms with Gasteiger partial charge in [0.2, 0.25) is 0 Å². The number of aromatic nitrogens is 2. The molecule has 0 atom stereocenters. The smallest absolute Gasteiger partial charge is 0.162 e. The van der Waals surface area contributed by atoms with Gasteiger partial charge in [-0.15, -0.1) is 10.2 Å². The molecule has 0 saturated carbocycles. The molecule has 19 heavy (non-hydrogen) atoms. The maximum atomic E-state index is 5.90. The van der Waals surface area contributed by atoms with E-state index in [2.05, 4.69) is 28.6 Å². The van der Waals surface area contributed by atoms with Crippen molar-refractivity contribution in [2.45, 2.75) is 13.3 Å². The molecule has 0 unspecified atom stereocenters. The Bertz CT molecular complexity index is 703. The lowest BCUT2D eigenvalue weighted by atomic mass is 10.1. The van der Waals surface area contributed by atoms with Crippen molar-refractivity contribution in [3.63, 3.8) is 0 Å². The summed E-state index contributed by atoms with van der Waals surface area (Å²) in [5.41, 5.74) is 5.20. The molecule has 5 heteroatoms. The summed E-state index contributed by atoms with van der Waals surface area (Å²) in [6.45, 7) is 2.10. The molecule has 0 radical (unpaired) electrons. The van der Waals surface area contributed by atoms with Crippen LogP contribution in [-0.2, 0) is 6.42 Å². The Morgan fingerprint density at radius 3 is 2.68 bits per heavy atom. The predicted octanol–water partition coefficient (Wildman–Crippen LogP) is 2.74. The zero-order valence-electron chi connectivity index (χ0n) is 10.6. The topological polar surface area (TPSA) is 77.0 Å². The molecule has 0 aliphatic rings. The van der Waals surface area contributed by atoms with Crippen LogP contribution in [0.2, 0.25) is 0 Å². The number of benzene rings is 1. The Hall–Kier alpha value is -2.40. The largest absolute Gasteiger partial charge is 0.454 e. The van der Waals surface area contributed by atoms with E-state index in [1.54, 1.807) is 6.07 Å². The highest BCUT2D eigenvalue weighted by molar-refractivity contribution is 5.87. The van der Waals surface area contributed by atoms with Gasteiger partial charge in [0.25, 0.3) is 0 Å². The quantitative estimate of drug-likeness (QED) is 0.555. The highest BCUT2D eigenvalue weighted by Crippen LogP contribution is 2.32. The number of hydrazine groups is 1. The van der Waals surface area contributed by atoms with Crippen LogP contribution >= 0.6 is 0 Å². The Morgan fingerprint density at radius 1 is 1.16 bits per heavy atom. The minimum Gasteiger partial charge on any atom is -0.454 e. The molecular weight excluding hydrogens is 240 g/mol. The summed E-state index contributed by atoms with van der Waals surface area (Å²) >= 11 is 0. The standard InChI is InChI=1S/C14H14N4O/c1-2-9-10-5-3-4-6-12(10)19-14(9)11-7-8-13(16-15)18-17-11/h3-8H,2,15H2,1H3,(H,16,18). The van der Waals surface area contributed by atoms with E-state index < -0.39 is 0 Å². The van der Waals surface area contributed by atoms with Gasteiger partial charge in [0.1, 0.15) is 11.3 Å². The van der Waals surface area contributed by atoms with Gasteiger partial charge >= 0.3 is 0 Å². The summed E-state index contributed by atoms with van der Waals surface area (Å²) in [6.07, 6.45) is 0.880.